The van der Waals surface area contributed by atoms with Crippen molar-refractivity contribution in [2.24, 2.45) is 0 Å². The molecule has 0 saturated carbocycles. The van der Waals surface area contributed by atoms with Gasteiger partial charge in [-0.1, -0.05) is 17.7 Å². The lowest BCUT2D eigenvalue weighted by atomic mass is 10.2. The molecule has 1 saturated heterocycles. The number of benzene rings is 1. The normalized spacial score (nSPS) is 19.1. The minimum Gasteiger partial charge on any atom is -0.394 e. The molecule has 2 rings (SSSR count). The summed E-state index contributed by atoms with van der Waals surface area (Å²) in [4.78, 5) is 15.1. The van der Waals surface area contributed by atoms with Crippen LogP contribution in [0.25, 0.3) is 0 Å². The van der Waals surface area contributed by atoms with Gasteiger partial charge in [0, 0.05) is 23.6 Å². The highest BCUT2D eigenvalue weighted by molar-refractivity contribution is 7.99. The zero-order valence-corrected chi connectivity index (χ0v) is 12.6. The van der Waals surface area contributed by atoms with Crippen LogP contribution in [0.4, 0.5) is 0 Å². The van der Waals surface area contributed by atoms with Gasteiger partial charge in [-0.15, -0.1) is 11.8 Å². The molecule has 1 heterocycles. The molecule has 0 bridgehead atoms. The average Bonchev–Trinajstić information content (AvgIpc) is 2.49. The summed E-state index contributed by atoms with van der Waals surface area (Å²) < 4.78 is 5.28. The highest BCUT2D eigenvalue weighted by atomic mass is 32.2. The molecule has 1 aromatic carbocycles. The number of rotatable bonds is 5. The summed E-state index contributed by atoms with van der Waals surface area (Å²) in [5, 5.41) is 9.26. The highest BCUT2D eigenvalue weighted by Gasteiger charge is 2.26. The van der Waals surface area contributed by atoms with Gasteiger partial charge in [-0.3, -0.25) is 4.79 Å². The Hall–Kier alpha value is -1.04. The van der Waals surface area contributed by atoms with Gasteiger partial charge in [0.1, 0.15) is 0 Å². The van der Waals surface area contributed by atoms with Crippen molar-refractivity contribution in [3.63, 3.8) is 0 Å². The summed E-state index contributed by atoms with van der Waals surface area (Å²) in [7, 11) is 0. The van der Waals surface area contributed by atoms with Crippen molar-refractivity contribution >= 4 is 17.7 Å². The molecule has 0 spiro atoms. The molecule has 1 N–H and O–H groups in total. The Labute approximate surface area is 124 Å². The van der Waals surface area contributed by atoms with Gasteiger partial charge < -0.3 is 14.7 Å². The summed E-state index contributed by atoms with van der Waals surface area (Å²) in [6, 6.07) is 8.13. The van der Waals surface area contributed by atoms with Gasteiger partial charge in [0.25, 0.3) is 0 Å². The van der Waals surface area contributed by atoms with Crippen LogP contribution in [0, 0.1) is 6.92 Å². The lowest BCUT2D eigenvalue weighted by Crippen LogP contribution is -2.50. The van der Waals surface area contributed by atoms with Gasteiger partial charge in [-0.2, -0.15) is 0 Å². The van der Waals surface area contributed by atoms with Gasteiger partial charge in [0.2, 0.25) is 5.91 Å². The van der Waals surface area contributed by atoms with Crippen molar-refractivity contribution in [3.05, 3.63) is 29.8 Å². The number of hydrogen-bond acceptors (Lipinski definition) is 4. The molecule has 0 aromatic heterocycles. The monoisotopic (exact) mass is 295 g/mol. The minimum absolute atomic E-state index is 0.0309. The van der Waals surface area contributed by atoms with Crippen LogP contribution in [0.15, 0.2) is 29.2 Å². The average molecular weight is 295 g/mol. The summed E-state index contributed by atoms with van der Waals surface area (Å²) in [5.74, 6) is 0.865. The first-order chi connectivity index (χ1) is 9.70. The van der Waals surface area contributed by atoms with E-state index in [1.807, 2.05) is 0 Å². The van der Waals surface area contributed by atoms with E-state index < -0.39 is 0 Å². The minimum atomic E-state index is -0.180. The van der Waals surface area contributed by atoms with Gasteiger partial charge >= 0.3 is 0 Å². The Bertz CT molecular complexity index is 435. The Morgan fingerprint density at radius 2 is 2.20 bits per heavy atom. The van der Waals surface area contributed by atoms with E-state index in [2.05, 4.69) is 31.2 Å². The number of thioether (sulfide) groups is 1. The third-order valence-corrected chi connectivity index (χ3v) is 4.38. The van der Waals surface area contributed by atoms with Crippen molar-refractivity contribution in [3.8, 4) is 0 Å². The highest BCUT2D eigenvalue weighted by Crippen LogP contribution is 2.20. The first-order valence-electron chi connectivity index (χ1n) is 6.88. The molecule has 1 atom stereocenters. The van der Waals surface area contributed by atoms with E-state index in [0.29, 0.717) is 26.2 Å². The number of carbonyl (C=O) groups excluding carboxylic acids is 1. The number of aryl methyl sites for hydroxylation is 1. The SMILES string of the molecule is Cc1ccc(SCCC(=O)N2CCOCC2CO)cc1. The van der Waals surface area contributed by atoms with E-state index in [9.17, 15) is 9.90 Å². The third kappa shape index (κ3) is 4.23. The topological polar surface area (TPSA) is 49.8 Å². The van der Waals surface area contributed by atoms with Crippen molar-refractivity contribution in [1.29, 1.82) is 0 Å². The van der Waals surface area contributed by atoms with Gasteiger partial charge in [-0.25, -0.2) is 0 Å². The second-order valence-corrected chi connectivity index (χ2v) is 6.08. The number of aliphatic hydroxyl groups is 1. The van der Waals surface area contributed by atoms with Crippen molar-refractivity contribution in [1.82, 2.24) is 4.90 Å². The zero-order valence-electron chi connectivity index (χ0n) is 11.7. The van der Waals surface area contributed by atoms with Crippen LogP contribution in [0.2, 0.25) is 0 Å². The summed E-state index contributed by atoms with van der Waals surface area (Å²) in [5.41, 5.74) is 1.24. The maximum absolute atomic E-state index is 12.2. The molecule has 20 heavy (non-hydrogen) atoms. The largest absolute Gasteiger partial charge is 0.394 e. The van der Waals surface area contributed by atoms with Crippen LogP contribution >= 0.6 is 11.8 Å². The van der Waals surface area contributed by atoms with E-state index in [1.54, 1.807) is 16.7 Å². The third-order valence-electron chi connectivity index (χ3n) is 3.36. The van der Waals surface area contributed by atoms with Crippen LogP contribution in [0.3, 0.4) is 0 Å². The number of aliphatic hydroxyl groups excluding tert-OH is 1. The molecule has 1 aromatic rings. The standard InChI is InChI=1S/C15H21NO3S/c1-12-2-4-14(5-3-12)20-9-6-15(18)16-7-8-19-11-13(16)10-17/h2-5,13,17H,6-11H2,1H3. The first-order valence-corrected chi connectivity index (χ1v) is 7.87. The number of amides is 1. The smallest absolute Gasteiger partial charge is 0.223 e. The number of carbonyl (C=O) groups is 1. The first kappa shape index (κ1) is 15.4. The van der Waals surface area contributed by atoms with E-state index in [4.69, 9.17) is 4.74 Å². The molecule has 1 fully saturated rings. The Balaban J connectivity index is 1.78. The fourth-order valence-corrected chi connectivity index (χ4v) is 3.01. The van der Waals surface area contributed by atoms with E-state index in [-0.39, 0.29) is 18.6 Å². The van der Waals surface area contributed by atoms with Crippen LogP contribution in [-0.4, -0.2) is 54.1 Å². The van der Waals surface area contributed by atoms with Crippen LogP contribution in [0.5, 0.6) is 0 Å². The Morgan fingerprint density at radius 3 is 2.90 bits per heavy atom. The molecule has 4 nitrogen and oxygen atoms in total. The molecule has 1 aliphatic rings. The second-order valence-electron chi connectivity index (χ2n) is 4.91. The van der Waals surface area contributed by atoms with Gasteiger partial charge in [0.05, 0.1) is 25.9 Å². The molecular formula is C15H21NO3S. The fourth-order valence-electron chi connectivity index (χ4n) is 2.17. The predicted molar refractivity (Wildman–Crippen MR) is 79.9 cm³/mol. The van der Waals surface area contributed by atoms with E-state index in [0.717, 1.165) is 5.75 Å². The molecule has 5 heteroatoms. The number of ether oxygens (including phenoxy) is 1. The van der Waals surface area contributed by atoms with Crippen molar-refractivity contribution in [2.45, 2.75) is 24.3 Å². The molecule has 0 radical (unpaired) electrons. The van der Waals surface area contributed by atoms with Crippen molar-refractivity contribution < 1.29 is 14.6 Å². The predicted octanol–water partition coefficient (Wildman–Crippen LogP) is 1.70. The molecule has 0 aliphatic carbocycles. The van der Waals surface area contributed by atoms with Crippen molar-refractivity contribution in [2.75, 3.05) is 32.1 Å². The van der Waals surface area contributed by atoms with E-state index in [1.165, 1.54) is 10.5 Å². The summed E-state index contributed by atoms with van der Waals surface area (Å²) in [6.07, 6.45) is 0.495. The maximum Gasteiger partial charge on any atom is 0.223 e. The number of hydrogen-bond donors (Lipinski definition) is 1. The number of morpholine rings is 1. The van der Waals surface area contributed by atoms with Gasteiger partial charge in [-0.05, 0) is 19.1 Å². The van der Waals surface area contributed by atoms with E-state index >= 15 is 0 Å². The summed E-state index contributed by atoms with van der Waals surface area (Å²) >= 11 is 1.69. The summed E-state index contributed by atoms with van der Waals surface area (Å²) in [6.45, 7) is 3.61. The quantitative estimate of drug-likeness (QED) is 0.840. The van der Waals surface area contributed by atoms with Crippen LogP contribution < -0.4 is 0 Å². The fraction of sp³-hybridized carbons (Fsp3) is 0.533. The maximum atomic E-state index is 12.2. The lowest BCUT2D eigenvalue weighted by Gasteiger charge is -2.34. The number of nitrogens with zero attached hydrogens (tertiary/aromatic N) is 1. The Kier molecular flexibility index (Phi) is 5.88. The second kappa shape index (κ2) is 7.67. The molecule has 110 valence electrons. The molecule has 1 aliphatic heterocycles. The lowest BCUT2D eigenvalue weighted by molar-refractivity contribution is -0.141. The Morgan fingerprint density at radius 1 is 1.45 bits per heavy atom. The van der Waals surface area contributed by atoms with Gasteiger partial charge in [0.15, 0.2) is 0 Å². The van der Waals surface area contributed by atoms with Crippen LogP contribution in [0.1, 0.15) is 12.0 Å². The van der Waals surface area contributed by atoms with Crippen LogP contribution in [-0.2, 0) is 9.53 Å². The molecular weight excluding hydrogens is 274 g/mol. The zero-order chi connectivity index (χ0) is 14.4. The molecule has 1 unspecified atom stereocenters. The molecule has 1 amide bonds.